The van der Waals surface area contributed by atoms with Gasteiger partial charge in [-0.3, -0.25) is 14.3 Å². The van der Waals surface area contributed by atoms with Crippen molar-refractivity contribution in [3.8, 4) is 0 Å². The Kier molecular flexibility index (Phi) is 5.54. The number of hydrogen-bond acceptors (Lipinski definition) is 5. The number of sulfonamides is 1. The fraction of sp³-hybridized carbons (Fsp3) is 0.750. The number of nitrogens with one attached hydrogen (secondary N) is 2. The van der Waals surface area contributed by atoms with Gasteiger partial charge in [0.15, 0.2) is 0 Å². The Bertz CT molecular complexity index is 868. The van der Waals surface area contributed by atoms with E-state index in [0.29, 0.717) is 38.8 Å². The fourth-order valence-corrected chi connectivity index (χ4v) is 5.79. The van der Waals surface area contributed by atoms with Crippen molar-refractivity contribution in [2.24, 2.45) is 5.92 Å². The first kappa shape index (κ1) is 21.1. The molecule has 2 heterocycles. The monoisotopic (exact) mass is 438 g/mol. The summed E-state index contributed by atoms with van der Waals surface area (Å²) in [6, 6.07) is -0.819. The standard InChI is InChI=1S/C20H30N4O5S/c1-23-11-5-3-2-4-7-14-13-20(14,18(26)22-30(28,29)15-9-10-15)21-17(25)16-8-6-12-24(16)19(23)27/h4,7,14-16H,2-3,5-6,8-13H2,1H3,(H,21,25)(H,22,26)/b7-4-. The van der Waals surface area contributed by atoms with Gasteiger partial charge in [-0.05, 0) is 51.4 Å². The van der Waals surface area contributed by atoms with E-state index in [1.807, 2.05) is 12.2 Å². The zero-order valence-electron chi connectivity index (χ0n) is 17.3. The van der Waals surface area contributed by atoms with Crippen LogP contribution < -0.4 is 10.0 Å². The van der Waals surface area contributed by atoms with Crippen LogP contribution in [0.3, 0.4) is 0 Å². The number of fused-ring (bicyclic) bond motifs is 2. The van der Waals surface area contributed by atoms with Crippen LogP contribution in [-0.4, -0.2) is 73.0 Å². The lowest BCUT2D eigenvalue weighted by atomic mass is 10.1. The van der Waals surface area contributed by atoms with Crippen LogP contribution in [0.25, 0.3) is 0 Å². The molecule has 0 aromatic heterocycles. The van der Waals surface area contributed by atoms with Crippen LogP contribution >= 0.6 is 0 Å². The van der Waals surface area contributed by atoms with Gasteiger partial charge in [0.25, 0.3) is 5.91 Å². The Labute approximate surface area is 177 Å². The molecule has 2 aliphatic carbocycles. The molecule has 0 bridgehead atoms. The number of amides is 4. The summed E-state index contributed by atoms with van der Waals surface area (Å²) in [5.74, 6) is -1.30. The first-order chi connectivity index (χ1) is 14.2. The van der Waals surface area contributed by atoms with Gasteiger partial charge >= 0.3 is 6.03 Å². The summed E-state index contributed by atoms with van der Waals surface area (Å²) < 4.78 is 26.8. The molecule has 3 atom stereocenters. The second kappa shape index (κ2) is 7.86. The highest BCUT2D eigenvalue weighted by Gasteiger charge is 2.61. The van der Waals surface area contributed by atoms with Gasteiger partial charge in [0, 0.05) is 26.1 Å². The number of nitrogens with zero attached hydrogens (tertiary/aromatic N) is 2. The molecular formula is C20H30N4O5S. The van der Waals surface area contributed by atoms with Crippen LogP contribution in [0.5, 0.6) is 0 Å². The number of carbonyl (C=O) groups is 3. The van der Waals surface area contributed by atoms with Crippen molar-refractivity contribution in [2.45, 2.75) is 68.2 Å². The highest BCUT2D eigenvalue weighted by molar-refractivity contribution is 7.91. The van der Waals surface area contributed by atoms with Gasteiger partial charge in [-0.25, -0.2) is 13.2 Å². The van der Waals surface area contributed by atoms with Crippen molar-refractivity contribution < 1.29 is 22.8 Å². The van der Waals surface area contributed by atoms with Gasteiger partial charge in [0.05, 0.1) is 5.25 Å². The van der Waals surface area contributed by atoms with E-state index < -0.39 is 32.8 Å². The molecule has 0 spiro atoms. The van der Waals surface area contributed by atoms with Gasteiger partial charge in [-0.15, -0.1) is 0 Å². The Morgan fingerprint density at radius 2 is 1.93 bits per heavy atom. The molecule has 4 amide bonds. The van der Waals surface area contributed by atoms with E-state index in [9.17, 15) is 22.8 Å². The molecule has 2 N–H and O–H groups in total. The maximum Gasteiger partial charge on any atom is 0.320 e. The van der Waals surface area contributed by atoms with Crippen molar-refractivity contribution in [3.63, 3.8) is 0 Å². The molecule has 0 aromatic carbocycles. The average Bonchev–Trinajstić information content (AvgIpc) is 3.60. The van der Waals surface area contributed by atoms with Gasteiger partial charge in [0.1, 0.15) is 11.6 Å². The van der Waals surface area contributed by atoms with E-state index in [-0.39, 0.29) is 17.9 Å². The van der Waals surface area contributed by atoms with Crippen molar-refractivity contribution in [2.75, 3.05) is 20.1 Å². The number of allylic oxidation sites excluding steroid dienone is 1. The maximum atomic E-state index is 13.1. The smallest absolute Gasteiger partial charge is 0.320 e. The molecule has 166 valence electrons. The number of hydrogen-bond donors (Lipinski definition) is 2. The molecular weight excluding hydrogens is 408 g/mol. The minimum atomic E-state index is -3.71. The Morgan fingerprint density at radius 1 is 1.17 bits per heavy atom. The molecule has 4 rings (SSSR count). The van der Waals surface area contributed by atoms with Crippen LogP contribution in [0, 0.1) is 5.92 Å². The zero-order valence-corrected chi connectivity index (χ0v) is 18.1. The number of rotatable bonds is 3. The minimum absolute atomic E-state index is 0.178. The van der Waals surface area contributed by atoms with Crippen LogP contribution in [-0.2, 0) is 19.6 Å². The topological polar surface area (TPSA) is 116 Å². The summed E-state index contributed by atoms with van der Waals surface area (Å²) in [6.45, 7) is 1.13. The molecule has 4 aliphatic rings. The summed E-state index contributed by atoms with van der Waals surface area (Å²) in [4.78, 5) is 42.1. The second-order valence-electron chi connectivity index (χ2n) is 8.93. The van der Waals surface area contributed by atoms with Crippen molar-refractivity contribution in [1.82, 2.24) is 19.8 Å². The van der Waals surface area contributed by atoms with E-state index in [1.165, 1.54) is 0 Å². The highest BCUT2D eigenvalue weighted by Crippen LogP contribution is 2.46. The molecule has 2 saturated carbocycles. The number of urea groups is 1. The van der Waals surface area contributed by atoms with Crippen LogP contribution in [0.2, 0.25) is 0 Å². The van der Waals surface area contributed by atoms with Gasteiger partial charge < -0.3 is 15.1 Å². The normalized spacial score (nSPS) is 33.8. The number of carbonyl (C=O) groups excluding carboxylic acids is 3. The lowest BCUT2D eigenvalue weighted by Crippen LogP contribution is -2.57. The predicted molar refractivity (Wildman–Crippen MR) is 110 cm³/mol. The minimum Gasteiger partial charge on any atom is -0.339 e. The molecule has 2 aliphatic heterocycles. The molecule has 9 nitrogen and oxygen atoms in total. The Morgan fingerprint density at radius 3 is 2.67 bits per heavy atom. The molecule has 30 heavy (non-hydrogen) atoms. The quantitative estimate of drug-likeness (QED) is 0.630. The molecule has 0 radical (unpaired) electrons. The lowest BCUT2D eigenvalue weighted by molar-refractivity contribution is -0.131. The fourth-order valence-electron chi connectivity index (χ4n) is 4.42. The SMILES string of the molecule is CN1CCCC/C=C\C2CC2(C(=O)NS(=O)(=O)C2CC2)NC(=O)C2CCCN2C1=O. The molecule has 3 unspecified atom stereocenters. The molecule has 10 heteroatoms. The van der Waals surface area contributed by atoms with Crippen LogP contribution in [0.1, 0.15) is 51.4 Å². The van der Waals surface area contributed by atoms with E-state index in [4.69, 9.17) is 0 Å². The Balaban J connectivity index is 1.57. The van der Waals surface area contributed by atoms with Crippen LogP contribution in [0.4, 0.5) is 4.79 Å². The maximum absolute atomic E-state index is 13.1. The summed E-state index contributed by atoms with van der Waals surface area (Å²) in [6.07, 6.45) is 9.18. The summed E-state index contributed by atoms with van der Waals surface area (Å²) in [5, 5.41) is 2.32. The van der Waals surface area contributed by atoms with Crippen molar-refractivity contribution in [1.29, 1.82) is 0 Å². The Hall–Kier alpha value is -2.10. The van der Waals surface area contributed by atoms with Gasteiger partial charge in [0.2, 0.25) is 15.9 Å². The van der Waals surface area contributed by atoms with Crippen LogP contribution in [0.15, 0.2) is 12.2 Å². The average molecular weight is 439 g/mol. The van der Waals surface area contributed by atoms with E-state index in [2.05, 4.69) is 10.0 Å². The van der Waals surface area contributed by atoms with E-state index >= 15 is 0 Å². The van der Waals surface area contributed by atoms with E-state index in [0.717, 1.165) is 25.7 Å². The first-order valence-electron chi connectivity index (χ1n) is 10.8. The summed E-state index contributed by atoms with van der Waals surface area (Å²) >= 11 is 0. The third-order valence-corrected chi connectivity index (χ3v) is 8.39. The molecule has 3 fully saturated rings. The highest BCUT2D eigenvalue weighted by atomic mass is 32.2. The zero-order chi connectivity index (χ0) is 21.5. The van der Waals surface area contributed by atoms with E-state index in [1.54, 1.807) is 16.8 Å². The molecule has 0 aromatic rings. The predicted octanol–water partition coefficient (Wildman–Crippen LogP) is 0.726. The van der Waals surface area contributed by atoms with Gasteiger partial charge in [-0.1, -0.05) is 12.2 Å². The molecule has 1 saturated heterocycles. The summed E-state index contributed by atoms with van der Waals surface area (Å²) in [7, 11) is -1.96. The largest absolute Gasteiger partial charge is 0.339 e. The second-order valence-corrected chi connectivity index (χ2v) is 10.9. The van der Waals surface area contributed by atoms with Crippen molar-refractivity contribution >= 4 is 27.9 Å². The van der Waals surface area contributed by atoms with Crippen molar-refractivity contribution in [3.05, 3.63) is 12.2 Å². The third-order valence-electron chi connectivity index (χ3n) is 6.57. The third kappa shape index (κ3) is 4.06. The first-order valence-corrected chi connectivity index (χ1v) is 12.4. The van der Waals surface area contributed by atoms with Gasteiger partial charge in [-0.2, -0.15) is 0 Å². The lowest BCUT2D eigenvalue weighted by Gasteiger charge is -2.30. The summed E-state index contributed by atoms with van der Waals surface area (Å²) in [5.41, 5.74) is -1.26.